The summed E-state index contributed by atoms with van der Waals surface area (Å²) in [6.45, 7) is 8.85. The topological polar surface area (TPSA) is 64.2 Å². The minimum absolute atomic E-state index is 0.0700. The summed E-state index contributed by atoms with van der Waals surface area (Å²) in [5.41, 5.74) is 6.03. The second-order valence-electron chi connectivity index (χ2n) is 8.07. The maximum absolute atomic E-state index is 12.6. The van der Waals surface area contributed by atoms with Crippen LogP contribution in [0.2, 0.25) is 0 Å². The monoisotopic (exact) mass is 428 g/mol. The summed E-state index contributed by atoms with van der Waals surface area (Å²) in [6, 6.07) is 24.1. The highest BCUT2D eigenvalue weighted by Crippen LogP contribution is 2.13. The molecule has 0 saturated heterocycles. The van der Waals surface area contributed by atoms with Crippen molar-refractivity contribution in [2.75, 3.05) is 13.1 Å². The fraction of sp³-hybridized carbons (Fsp3) is 0.269. The molecule has 0 unspecified atom stereocenters. The lowest BCUT2D eigenvalue weighted by Crippen LogP contribution is -3.10. The molecule has 0 aliphatic carbocycles. The fourth-order valence-electron chi connectivity index (χ4n) is 3.82. The Kier molecular flexibility index (Phi) is 6.92. The lowest BCUT2D eigenvalue weighted by atomic mass is 10.1. The van der Waals surface area contributed by atoms with Gasteiger partial charge in [-0.15, -0.1) is 5.10 Å². The molecule has 4 rings (SSSR count). The number of hydrogen-bond donors (Lipinski definition) is 2. The Morgan fingerprint density at radius 1 is 0.875 bits per heavy atom. The second kappa shape index (κ2) is 10.2. The summed E-state index contributed by atoms with van der Waals surface area (Å²) >= 11 is 0. The Morgan fingerprint density at radius 2 is 1.53 bits per heavy atom. The first-order valence-electron chi connectivity index (χ1n) is 11.2. The Hall–Kier alpha value is -3.51. The van der Waals surface area contributed by atoms with Crippen LogP contribution in [0.4, 0.5) is 0 Å². The van der Waals surface area contributed by atoms with Crippen molar-refractivity contribution in [2.24, 2.45) is 0 Å². The third kappa shape index (κ3) is 5.21. The van der Waals surface area contributed by atoms with Gasteiger partial charge in [-0.05, 0) is 49.2 Å². The summed E-state index contributed by atoms with van der Waals surface area (Å²) in [6.07, 6.45) is 0. The van der Waals surface area contributed by atoms with Gasteiger partial charge in [0.05, 0.1) is 25.2 Å². The van der Waals surface area contributed by atoms with Gasteiger partial charge in [-0.1, -0.05) is 53.7 Å². The van der Waals surface area contributed by atoms with Crippen molar-refractivity contribution in [1.29, 1.82) is 0 Å². The maximum Gasteiger partial charge on any atom is 0.251 e. The predicted molar refractivity (Wildman–Crippen MR) is 126 cm³/mol. The number of benzene rings is 3. The van der Waals surface area contributed by atoms with Crippen LogP contribution in [0, 0.1) is 0 Å². The van der Waals surface area contributed by atoms with E-state index in [0.717, 1.165) is 41.8 Å². The highest BCUT2D eigenvalue weighted by Gasteiger charge is 2.08. The Bertz CT molecular complexity index is 1160. The molecule has 32 heavy (non-hydrogen) atoms. The number of fused-ring (bicyclic) bond motifs is 1. The van der Waals surface area contributed by atoms with E-state index in [9.17, 15) is 4.79 Å². The zero-order valence-corrected chi connectivity index (χ0v) is 18.7. The van der Waals surface area contributed by atoms with Crippen molar-refractivity contribution >= 4 is 16.9 Å². The van der Waals surface area contributed by atoms with E-state index in [0.29, 0.717) is 18.7 Å². The number of para-hydroxylation sites is 1. The van der Waals surface area contributed by atoms with Gasteiger partial charge in [0, 0.05) is 17.7 Å². The van der Waals surface area contributed by atoms with E-state index in [4.69, 9.17) is 0 Å². The molecule has 0 spiro atoms. The van der Waals surface area contributed by atoms with Crippen LogP contribution in [0.5, 0.6) is 0 Å². The minimum Gasteiger partial charge on any atom is -0.348 e. The molecule has 0 aliphatic rings. The van der Waals surface area contributed by atoms with Crippen molar-refractivity contribution in [2.45, 2.75) is 33.5 Å². The molecule has 6 heteroatoms. The number of hydrogen-bond acceptors (Lipinski definition) is 3. The van der Waals surface area contributed by atoms with Crippen LogP contribution in [0.15, 0.2) is 72.8 Å². The molecular formula is C26H30N5O+. The molecule has 0 radical (unpaired) electrons. The first-order chi connectivity index (χ1) is 15.7. The molecule has 3 aromatic carbocycles. The number of carbonyl (C=O) groups excluding carboxylic acids is 1. The molecule has 1 heterocycles. The summed E-state index contributed by atoms with van der Waals surface area (Å²) in [4.78, 5) is 14.1. The normalized spacial score (nSPS) is 11.2. The number of rotatable bonds is 9. The van der Waals surface area contributed by atoms with Gasteiger partial charge in [0.2, 0.25) is 0 Å². The lowest BCUT2D eigenvalue weighted by Gasteiger charge is -2.15. The van der Waals surface area contributed by atoms with E-state index in [-0.39, 0.29) is 5.91 Å². The smallest absolute Gasteiger partial charge is 0.251 e. The fourth-order valence-corrected chi connectivity index (χ4v) is 3.82. The van der Waals surface area contributed by atoms with Gasteiger partial charge in [-0.3, -0.25) is 4.79 Å². The molecule has 2 N–H and O–H groups in total. The van der Waals surface area contributed by atoms with Gasteiger partial charge < -0.3 is 10.2 Å². The minimum atomic E-state index is -0.0700. The number of nitrogens with one attached hydrogen (secondary N) is 2. The first-order valence-corrected chi connectivity index (χ1v) is 11.2. The Morgan fingerprint density at radius 3 is 2.25 bits per heavy atom. The standard InChI is InChI=1S/C26H29N5O/c1-3-30(4-2)18-21-11-9-20(10-12-21)17-27-26(32)23-15-13-22(14-16-23)19-31-25-8-6-5-7-24(25)28-29-31/h5-16H,3-4,17-19H2,1-2H3,(H,27,32)/p+1. The van der Waals surface area contributed by atoms with Crippen molar-refractivity contribution < 1.29 is 9.69 Å². The van der Waals surface area contributed by atoms with E-state index in [1.54, 1.807) is 4.90 Å². The third-order valence-electron chi connectivity index (χ3n) is 5.90. The Balaban J connectivity index is 1.32. The van der Waals surface area contributed by atoms with Crippen LogP contribution in [0.1, 0.15) is 40.9 Å². The molecule has 1 aromatic heterocycles. The number of nitrogens with zero attached hydrogens (tertiary/aromatic N) is 3. The van der Waals surface area contributed by atoms with Gasteiger partial charge in [0.15, 0.2) is 0 Å². The molecule has 4 aromatic rings. The molecule has 0 atom stereocenters. The molecular weight excluding hydrogens is 398 g/mol. The molecule has 0 saturated carbocycles. The van der Waals surface area contributed by atoms with Crippen molar-refractivity contribution in [3.63, 3.8) is 0 Å². The molecule has 0 bridgehead atoms. The number of quaternary nitrogens is 1. The van der Waals surface area contributed by atoms with Crippen LogP contribution < -0.4 is 10.2 Å². The SMILES string of the molecule is CC[NH+](CC)Cc1ccc(CNC(=O)c2ccc(Cn3nnc4ccccc43)cc2)cc1. The van der Waals surface area contributed by atoms with E-state index in [1.165, 1.54) is 5.56 Å². The van der Waals surface area contributed by atoms with Crippen molar-refractivity contribution in [3.05, 3.63) is 95.1 Å². The van der Waals surface area contributed by atoms with Crippen molar-refractivity contribution in [1.82, 2.24) is 20.3 Å². The highest BCUT2D eigenvalue weighted by atomic mass is 16.1. The zero-order chi connectivity index (χ0) is 22.3. The summed E-state index contributed by atoms with van der Waals surface area (Å²) < 4.78 is 1.87. The average molecular weight is 429 g/mol. The molecule has 0 fully saturated rings. The van der Waals surface area contributed by atoms with E-state index in [2.05, 4.69) is 53.7 Å². The second-order valence-corrected chi connectivity index (χ2v) is 8.07. The molecule has 0 aliphatic heterocycles. The summed E-state index contributed by atoms with van der Waals surface area (Å²) in [7, 11) is 0. The van der Waals surface area contributed by atoms with Gasteiger partial charge in [-0.2, -0.15) is 0 Å². The number of aromatic nitrogens is 3. The maximum atomic E-state index is 12.6. The average Bonchev–Trinajstić information content (AvgIpc) is 3.25. The van der Waals surface area contributed by atoms with Gasteiger partial charge in [0.25, 0.3) is 5.91 Å². The molecule has 1 amide bonds. The van der Waals surface area contributed by atoms with Crippen LogP contribution in [0.3, 0.4) is 0 Å². The summed E-state index contributed by atoms with van der Waals surface area (Å²) in [5.74, 6) is -0.0700. The van der Waals surface area contributed by atoms with Gasteiger partial charge in [-0.25, -0.2) is 4.68 Å². The van der Waals surface area contributed by atoms with Gasteiger partial charge >= 0.3 is 0 Å². The summed E-state index contributed by atoms with van der Waals surface area (Å²) in [5, 5.41) is 11.4. The zero-order valence-electron chi connectivity index (χ0n) is 18.7. The number of carbonyl (C=O) groups is 1. The highest BCUT2D eigenvalue weighted by molar-refractivity contribution is 5.94. The van der Waals surface area contributed by atoms with E-state index in [1.807, 2.05) is 53.2 Å². The number of amides is 1. The molecule has 164 valence electrons. The predicted octanol–water partition coefficient (Wildman–Crippen LogP) is 2.83. The van der Waals surface area contributed by atoms with E-state index < -0.39 is 0 Å². The quantitative estimate of drug-likeness (QED) is 0.431. The van der Waals surface area contributed by atoms with Crippen LogP contribution in [-0.4, -0.2) is 34.0 Å². The van der Waals surface area contributed by atoms with E-state index >= 15 is 0 Å². The van der Waals surface area contributed by atoms with Crippen molar-refractivity contribution in [3.8, 4) is 0 Å². The van der Waals surface area contributed by atoms with Crippen LogP contribution in [0.25, 0.3) is 11.0 Å². The molecule has 6 nitrogen and oxygen atoms in total. The lowest BCUT2D eigenvalue weighted by molar-refractivity contribution is -0.910. The largest absolute Gasteiger partial charge is 0.348 e. The third-order valence-corrected chi connectivity index (χ3v) is 5.90. The van der Waals surface area contributed by atoms with Crippen LogP contribution >= 0.6 is 0 Å². The Labute approximate surface area is 188 Å². The van der Waals surface area contributed by atoms with Crippen LogP contribution in [-0.2, 0) is 19.6 Å². The van der Waals surface area contributed by atoms with Gasteiger partial charge in [0.1, 0.15) is 12.1 Å². The first kappa shape index (κ1) is 21.7.